The van der Waals surface area contributed by atoms with Crippen LogP contribution in [0.3, 0.4) is 0 Å². The van der Waals surface area contributed by atoms with Crippen molar-refractivity contribution in [1.29, 1.82) is 0 Å². The molecule has 0 spiro atoms. The molecule has 0 saturated carbocycles. The fraction of sp³-hybridized carbons (Fsp3) is 0.375. The molecule has 0 radical (unpaired) electrons. The molecule has 0 aliphatic rings. The summed E-state index contributed by atoms with van der Waals surface area (Å²) < 4.78 is 0. The van der Waals surface area contributed by atoms with Gasteiger partial charge in [0.05, 0.1) is 11.6 Å². The van der Waals surface area contributed by atoms with Crippen molar-refractivity contribution < 1.29 is 5.11 Å². The maximum Gasteiger partial charge on any atom is 0.191 e. The molecule has 0 fully saturated rings. The minimum atomic E-state index is 0. The Hall–Kier alpha value is -1.35. The number of nitrogens with zero attached hydrogens (tertiary/aromatic N) is 2. The van der Waals surface area contributed by atoms with Crippen LogP contribution in [-0.2, 0) is 13.0 Å². The van der Waals surface area contributed by atoms with E-state index >= 15 is 0 Å². The van der Waals surface area contributed by atoms with Gasteiger partial charge in [0.15, 0.2) is 5.96 Å². The minimum Gasteiger partial charge on any atom is -0.508 e. The normalized spacial score (nSPS) is 11.0. The number of aromatic hydroxyl groups is 1. The van der Waals surface area contributed by atoms with Crippen LogP contribution >= 0.6 is 35.3 Å². The zero-order valence-electron chi connectivity index (χ0n) is 13.4. The first-order valence-corrected chi connectivity index (χ1v) is 8.20. The Morgan fingerprint density at radius 1 is 1.26 bits per heavy atom. The predicted molar refractivity (Wildman–Crippen MR) is 107 cm³/mol. The molecule has 1 aromatic heterocycles. The van der Waals surface area contributed by atoms with E-state index in [0.717, 1.165) is 36.0 Å². The lowest BCUT2D eigenvalue weighted by Crippen LogP contribution is -2.38. The van der Waals surface area contributed by atoms with E-state index in [4.69, 9.17) is 0 Å². The van der Waals surface area contributed by atoms with E-state index in [1.807, 2.05) is 25.3 Å². The highest BCUT2D eigenvalue weighted by Crippen LogP contribution is 2.11. The summed E-state index contributed by atoms with van der Waals surface area (Å²) in [4.78, 5) is 10.1. The molecule has 2 rings (SSSR count). The largest absolute Gasteiger partial charge is 0.508 e. The number of hydrogen-bond donors (Lipinski definition) is 3. The molecule has 2 aromatic rings. The van der Waals surface area contributed by atoms with Crippen molar-refractivity contribution in [1.82, 2.24) is 15.6 Å². The molecule has 0 aliphatic carbocycles. The van der Waals surface area contributed by atoms with Crippen LogP contribution in [0, 0.1) is 6.92 Å². The molecule has 1 heterocycles. The molecule has 7 heteroatoms. The Labute approximate surface area is 158 Å². The van der Waals surface area contributed by atoms with E-state index in [1.54, 1.807) is 23.5 Å². The molecule has 0 atom stereocenters. The first-order chi connectivity index (χ1) is 10.7. The van der Waals surface area contributed by atoms with Gasteiger partial charge in [0.2, 0.25) is 0 Å². The molecular formula is C16H23IN4OS. The molecule has 0 saturated heterocycles. The number of hydrogen-bond acceptors (Lipinski definition) is 4. The number of guanidine groups is 1. The third-order valence-electron chi connectivity index (χ3n) is 3.00. The molecule has 0 aliphatic heterocycles. The second-order valence-electron chi connectivity index (χ2n) is 4.90. The number of thiazole rings is 1. The molecular weight excluding hydrogens is 423 g/mol. The summed E-state index contributed by atoms with van der Waals surface area (Å²) in [5.41, 5.74) is 1.06. The monoisotopic (exact) mass is 446 g/mol. The van der Waals surface area contributed by atoms with Crippen molar-refractivity contribution in [2.45, 2.75) is 26.8 Å². The lowest BCUT2D eigenvalue weighted by atomic mass is 10.2. The standard InChI is InChI=1S/C16H22N4OS.HI/c1-3-17-16(18-9-8-15-19-10-12(2)22-15)20-11-13-4-6-14(21)7-5-13;/h4-7,10,21H,3,8-9,11H2,1-2H3,(H2,17,18,20);1H. The Bertz CT molecular complexity index is 613. The van der Waals surface area contributed by atoms with E-state index in [0.29, 0.717) is 6.54 Å². The van der Waals surface area contributed by atoms with Crippen LogP contribution < -0.4 is 10.6 Å². The molecule has 0 unspecified atom stereocenters. The number of aromatic nitrogens is 1. The molecule has 23 heavy (non-hydrogen) atoms. The number of rotatable bonds is 6. The molecule has 0 bridgehead atoms. The second kappa shape index (κ2) is 10.4. The summed E-state index contributed by atoms with van der Waals surface area (Å²) in [6.45, 7) is 6.30. The van der Waals surface area contributed by atoms with Gasteiger partial charge in [0.25, 0.3) is 0 Å². The summed E-state index contributed by atoms with van der Waals surface area (Å²) in [7, 11) is 0. The van der Waals surface area contributed by atoms with Crippen LogP contribution in [0.25, 0.3) is 0 Å². The van der Waals surface area contributed by atoms with Gasteiger partial charge < -0.3 is 15.7 Å². The van der Waals surface area contributed by atoms with Crippen LogP contribution in [0.4, 0.5) is 0 Å². The van der Waals surface area contributed by atoms with Crippen molar-refractivity contribution in [3.63, 3.8) is 0 Å². The van der Waals surface area contributed by atoms with Gasteiger partial charge in [0, 0.05) is 30.6 Å². The highest BCUT2D eigenvalue weighted by atomic mass is 127. The number of halogens is 1. The lowest BCUT2D eigenvalue weighted by molar-refractivity contribution is 0.475. The third kappa shape index (κ3) is 7.17. The number of aryl methyl sites for hydroxylation is 1. The van der Waals surface area contributed by atoms with Crippen molar-refractivity contribution in [2.24, 2.45) is 4.99 Å². The molecule has 1 aromatic carbocycles. The van der Waals surface area contributed by atoms with E-state index in [1.165, 1.54) is 4.88 Å². The van der Waals surface area contributed by atoms with Gasteiger partial charge in [-0.3, -0.25) is 0 Å². The van der Waals surface area contributed by atoms with E-state index < -0.39 is 0 Å². The number of aliphatic imine (C=N–C) groups is 1. The Kier molecular flexibility index (Phi) is 8.93. The van der Waals surface area contributed by atoms with Gasteiger partial charge in [-0.25, -0.2) is 9.98 Å². The van der Waals surface area contributed by atoms with Crippen molar-refractivity contribution in [3.8, 4) is 5.75 Å². The third-order valence-corrected chi connectivity index (χ3v) is 3.97. The summed E-state index contributed by atoms with van der Waals surface area (Å²) in [6.07, 6.45) is 2.80. The van der Waals surface area contributed by atoms with Gasteiger partial charge in [-0.1, -0.05) is 12.1 Å². The molecule has 126 valence electrons. The second-order valence-corrected chi connectivity index (χ2v) is 6.22. The average molecular weight is 446 g/mol. The molecule has 3 N–H and O–H groups in total. The van der Waals surface area contributed by atoms with E-state index in [9.17, 15) is 5.11 Å². The van der Waals surface area contributed by atoms with Crippen LogP contribution in [0.1, 0.15) is 22.4 Å². The minimum absolute atomic E-state index is 0. The lowest BCUT2D eigenvalue weighted by Gasteiger charge is -2.10. The fourth-order valence-electron chi connectivity index (χ4n) is 1.92. The maximum atomic E-state index is 9.28. The van der Waals surface area contributed by atoms with Crippen LogP contribution in [-0.4, -0.2) is 29.1 Å². The highest BCUT2D eigenvalue weighted by molar-refractivity contribution is 14.0. The van der Waals surface area contributed by atoms with Crippen LogP contribution in [0.5, 0.6) is 5.75 Å². The smallest absolute Gasteiger partial charge is 0.191 e. The van der Waals surface area contributed by atoms with Crippen molar-refractivity contribution >= 4 is 41.3 Å². The van der Waals surface area contributed by atoms with Gasteiger partial charge in [-0.05, 0) is 31.5 Å². The summed E-state index contributed by atoms with van der Waals surface area (Å²) in [5.74, 6) is 1.07. The Balaban J connectivity index is 0.00000264. The van der Waals surface area contributed by atoms with Crippen molar-refractivity contribution in [3.05, 3.63) is 45.9 Å². The summed E-state index contributed by atoms with van der Waals surface area (Å²) >= 11 is 1.73. The highest BCUT2D eigenvalue weighted by Gasteiger charge is 2.01. The summed E-state index contributed by atoms with van der Waals surface area (Å²) in [6, 6.07) is 7.10. The zero-order valence-corrected chi connectivity index (χ0v) is 16.5. The average Bonchev–Trinajstić information content (AvgIpc) is 2.92. The molecule has 5 nitrogen and oxygen atoms in total. The van der Waals surface area contributed by atoms with Gasteiger partial charge >= 0.3 is 0 Å². The first kappa shape index (κ1) is 19.7. The van der Waals surface area contributed by atoms with Crippen LogP contribution in [0.15, 0.2) is 35.5 Å². The maximum absolute atomic E-state index is 9.28. The van der Waals surface area contributed by atoms with Crippen molar-refractivity contribution in [2.75, 3.05) is 13.1 Å². The number of phenols is 1. The van der Waals surface area contributed by atoms with Crippen LogP contribution in [0.2, 0.25) is 0 Å². The zero-order chi connectivity index (χ0) is 15.8. The van der Waals surface area contributed by atoms with Gasteiger partial charge in [-0.15, -0.1) is 35.3 Å². The quantitative estimate of drug-likeness (QED) is 0.363. The number of benzene rings is 1. The SMILES string of the molecule is CCNC(=NCc1ccc(O)cc1)NCCc1ncc(C)s1.I. The molecule has 0 amide bonds. The first-order valence-electron chi connectivity index (χ1n) is 7.38. The topological polar surface area (TPSA) is 69.5 Å². The van der Waals surface area contributed by atoms with Gasteiger partial charge in [-0.2, -0.15) is 0 Å². The fourth-order valence-corrected chi connectivity index (χ4v) is 2.70. The van der Waals surface area contributed by atoms with E-state index in [-0.39, 0.29) is 29.7 Å². The summed E-state index contributed by atoms with van der Waals surface area (Å²) in [5, 5.41) is 17.0. The Morgan fingerprint density at radius 3 is 2.61 bits per heavy atom. The Morgan fingerprint density at radius 2 is 2.00 bits per heavy atom. The predicted octanol–water partition coefficient (Wildman–Crippen LogP) is 3.07. The number of phenolic OH excluding ortho intramolecular Hbond substituents is 1. The van der Waals surface area contributed by atoms with Gasteiger partial charge in [0.1, 0.15) is 5.75 Å². The number of nitrogens with one attached hydrogen (secondary N) is 2. The van der Waals surface area contributed by atoms with E-state index in [2.05, 4.69) is 27.5 Å².